The van der Waals surface area contributed by atoms with Crippen molar-refractivity contribution in [3.05, 3.63) is 31.3 Å². The Hall–Kier alpha value is -0.530. The molecule has 4 nitrogen and oxygen atoms in total. The van der Waals surface area contributed by atoms with Crippen molar-refractivity contribution in [3.8, 4) is 0 Å². The lowest BCUT2D eigenvalue weighted by molar-refractivity contribution is -0.137. The van der Waals surface area contributed by atoms with E-state index in [4.69, 9.17) is 28.3 Å². The number of rotatable bonds is 5. The van der Waals surface area contributed by atoms with Crippen LogP contribution in [0.3, 0.4) is 0 Å². The summed E-state index contributed by atoms with van der Waals surface area (Å²) in [6.45, 7) is 2.04. The number of halogens is 3. The third-order valence-corrected chi connectivity index (χ3v) is 4.37. The van der Waals surface area contributed by atoms with Gasteiger partial charge in [0, 0.05) is 21.6 Å². The molecule has 0 fully saturated rings. The highest BCUT2D eigenvalue weighted by molar-refractivity contribution is 14.1. The predicted molar refractivity (Wildman–Crippen MR) is 82.9 cm³/mol. The Morgan fingerprint density at radius 2 is 2.05 bits per heavy atom. The Kier molecular flexibility index (Phi) is 6.35. The average molecular weight is 416 g/mol. The van der Waals surface area contributed by atoms with Crippen molar-refractivity contribution in [1.82, 2.24) is 5.32 Å². The number of carboxylic acid groups (broad SMARTS) is 1. The highest BCUT2D eigenvalue weighted by atomic mass is 127. The number of nitrogens with one attached hydrogen (secondary N) is 1. The molecule has 0 aliphatic carbocycles. The highest BCUT2D eigenvalue weighted by Crippen LogP contribution is 2.26. The fourth-order valence-electron chi connectivity index (χ4n) is 1.45. The zero-order chi connectivity index (χ0) is 14.6. The Morgan fingerprint density at radius 3 is 2.63 bits per heavy atom. The summed E-state index contributed by atoms with van der Waals surface area (Å²) in [7, 11) is 0. The summed E-state index contributed by atoms with van der Waals surface area (Å²) < 4.78 is 0.618. The first kappa shape index (κ1) is 16.5. The van der Waals surface area contributed by atoms with Crippen molar-refractivity contribution in [1.29, 1.82) is 0 Å². The summed E-state index contributed by atoms with van der Waals surface area (Å²) in [5, 5.41) is 12.1. The maximum Gasteiger partial charge on any atom is 0.303 e. The summed E-state index contributed by atoms with van der Waals surface area (Å²) in [5.74, 6) is -1.35. The Bertz CT molecular complexity index is 508. The van der Waals surface area contributed by atoms with Crippen LogP contribution in [0.4, 0.5) is 0 Å². The summed E-state index contributed by atoms with van der Waals surface area (Å²) in [4.78, 5) is 22.5. The Labute approximate surface area is 134 Å². The molecular weight excluding hydrogens is 404 g/mol. The molecular formula is C12H12Cl2INO3. The molecule has 19 heavy (non-hydrogen) atoms. The maximum absolute atomic E-state index is 12.0. The van der Waals surface area contributed by atoms with Gasteiger partial charge in [-0.3, -0.25) is 9.59 Å². The van der Waals surface area contributed by atoms with Crippen molar-refractivity contribution in [2.24, 2.45) is 5.92 Å². The van der Waals surface area contributed by atoms with Gasteiger partial charge in [-0.05, 0) is 40.6 Å². The van der Waals surface area contributed by atoms with Crippen LogP contribution in [0.1, 0.15) is 23.7 Å². The topological polar surface area (TPSA) is 66.4 Å². The van der Waals surface area contributed by atoms with Crippen molar-refractivity contribution in [2.75, 3.05) is 6.54 Å². The van der Waals surface area contributed by atoms with E-state index in [1.165, 1.54) is 6.07 Å². The quantitative estimate of drug-likeness (QED) is 0.571. The van der Waals surface area contributed by atoms with E-state index in [1.807, 2.05) is 22.6 Å². The van der Waals surface area contributed by atoms with E-state index in [1.54, 1.807) is 13.0 Å². The minimum Gasteiger partial charge on any atom is -0.481 e. The Morgan fingerprint density at radius 1 is 1.42 bits per heavy atom. The van der Waals surface area contributed by atoms with Crippen LogP contribution in [0, 0.1) is 9.49 Å². The van der Waals surface area contributed by atoms with Gasteiger partial charge >= 0.3 is 5.97 Å². The van der Waals surface area contributed by atoms with Crippen LogP contribution in [0.2, 0.25) is 10.0 Å². The van der Waals surface area contributed by atoms with Crippen molar-refractivity contribution in [3.63, 3.8) is 0 Å². The van der Waals surface area contributed by atoms with Gasteiger partial charge in [0.1, 0.15) is 0 Å². The molecule has 0 aliphatic heterocycles. The van der Waals surface area contributed by atoms with E-state index in [0.717, 1.165) is 0 Å². The van der Waals surface area contributed by atoms with E-state index in [-0.39, 0.29) is 24.8 Å². The van der Waals surface area contributed by atoms with Crippen LogP contribution in [0.5, 0.6) is 0 Å². The first-order valence-electron chi connectivity index (χ1n) is 5.45. The van der Waals surface area contributed by atoms with Crippen LogP contribution >= 0.6 is 45.8 Å². The van der Waals surface area contributed by atoms with Gasteiger partial charge in [0.05, 0.1) is 10.6 Å². The summed E-state index contributed by atoms with van der Waals surface area (Å²) in [6.07, 6.45) is 0.00761. The van der Waals surface area contributed by atoms with Crippen LogP contribution in [0.25, 0.3) is 0 Å². The number of hydrogen-bond donors (Lipinski definition) is 2. The van der Waals surface area contributed by atoms with Crippen LogP contribution < -0.4 is 5.32 Å². The normalized spacial score (nSPS) is 12.0. The van der Waals surface area contributed by atoms with Gasteiger partial charge in [-0.1, -0.05) is 30.1 Å². The molecule has 0 aromatic heterocycles. The maximum atomic E-state index is 12.0. The van der Waals surface area contributed by atoms with Gasteiger partial charge in [-0.2, -0.15) is 0 Å². The van der Waals surface area contributed by atoms with Gasteiger partial charge < -0.3 is 10.4 Å². The first-order valence-corrected chi connectivity index (χ1v) is 7.29. The molecule has 0 saturated heterocycles. The number of carbonyl (C=O) groups excluding carboxylic acids is 1. The molecule has 0 saturated carbocycles. The number of aliphatic carboxylic acids is 1. The molecule has 0 radical (unpaired) electrons. The summed E-state index contributed by atoms with van der Waals surface area (Å²) >= 11 is 13.8. The molecule has 1 atom stereocenters. The molecule has 1 unspecified atom stereocenters. The SMILES string of the molecule is CC(CNC(=O)c1cc(Cl)cc(Cl)c1I)CC(=O)O. The van der Waals surface area contributed by atoms with Crippen LogP contribution in [-0.2, 0) is 4.79 Å². The molecule has 1 aromatic rings. The van der Waals surface area contributed by atoms with Crippen LogP contribution in [0.15, 0.2) is 12.1 Å². The predicted octanol–water partition coefficient (Wildman–Crippen LogP) is 3.44. The third-order valence-electron chi connectivity index (χ3n) is 2.37. The molecule has 1 rings (SSSR count). The highest BCUT2D eigenvalue weighted by Gasteiger charge is 2.15. The lowest BCUT2D eigenvalue weighted by atomic mass is 10.1. The summed E-state index contributed by atoms with van der Waals surface area (Å²) in [5.41, 5.74) is 0.389. The molecule has 0 bridgehead atoms. The third kappa shape index (κ3) is 5.16. The van der Waals surface area contributed by atoms with E-state index in [9.17, 15) is 9.59 Å². The van der Waals surface area contributed by atoms with Gasteiger partial charge in [0.15, 0.2) is 0 Å². The fraction of sp³-hybridized carbons (Fsp3) is 0.333. The lowest BCUT2D eigenvalue weighted by Crippen LogP contribution is -2.29. The smallest absolute Gasteiger partial charge is 0.303 e. The summed E-state index contributed by atoms with van der Waals surface area (Å²) in [6, 6.07) is 3.10. The molecule has 7 heteroatoms. The van der Waals surface area contributed by atoms with E-state index >= 15 is 0 Å². The van der Waals surface area contributed by atoms with Crippen molar-refractivity contribution in [2.45, 2.75) is 13.3 Å². The second kappa shape index (κ2) is 7.31. The average Bonchev–Trinajstić information content (AvgIpc) is 2.29. The fourth-order valence-corrected chi connectivity index (χ4v) is 2.50. The zero-order valence-electron chi connectivity index (χ0n) is 10.0. The van der Waals surface area contributed by atoms with Gasteiger partial charge in [0.2, 0.25) is 0 Å². The molecule has 2 N–H and O–H groups in total. The number of carboxylic acids is 1. The molecule has 104 valence electrons. The standard InChI is InChI=1S/C12H12Cl2INO3/c1-6(2-10(17)18)5-16-12(19)8-3-7(13)4-9(14)11(8)15/h3-4,6H,2,5H2,1H3,(H,16,19)(H,17,18). The van der Waals surface area contributed by atoms with E-state index in [2.05, 4.69) is 5.32 Å². The largest absolute Gasteiger partial charge is 0.481 e. The Balaban J connectivity index is 2.71. The second-order valence-corrected chi connectivity index (χ2v) is 6.08. The molecule has 0 spiro atoms. The monoisotopic (exact) mass is 415 g/mol. The second-order valence-electron chi connectivity index (χ2n) is 4.16. The minimum atomic E-state index is -0.887. The number of amides is 1. The number of carbonyl (C=O) groups is 2. The lowest BCUT2D eigenvalue weighted by Gasteiger charge is -2.12. The van der Waals surface area contributed by atoms with E-state index in [0.29, 0.717) is 19.2 Å². The molecule has 1 aromatic carbocycles. The first-order chi connectivity index (χ1) is 8.81. The number of benzene rings is 1. The van der Waals surface area contributed by atoms with Gasteiger partial charge in [-0.15, -0.1) is 0 Å². The van der Waals surface area contributed by atoms with Crippen molar-refractivity contribution >= 4 is 57.7 Å². The zero-order valence-corrected chi connectivity index (χ0v) is 13.7. The van der Waals surface area contributed by atoms with Crippen molar-refractivity contribution < 1.29 is 14.7 Å². The number of hydrogen-bond acceptors (Lipinski definition) is 2. The molecule has 1 amide bonds. The molecule has 0 heterocycles. The van der Waals surface area contributed by atoms with Gasteiger partial charge in [-0.25, -0.2) is 0 Å². The molecule has 0 aliphatic rings. The van der Waals surface area contributed by atoms with E-state index < -0.39 is 5.97 Å². The minimum absolute atomic E-state index is 0.00761. The van der Waals surface area contributed by atoms with Crippen LogP contribution in [-0.4, -0.2) is 23.5 Å². The van der Waals surface area contributed by atoms with Gasteiger partial charge in [0.25, 0.3) is 5.91 Å².